The van der Waals surface area contributed by atoms with Gasteiger partial charge in [-0.2, -0.15) is 5.10 Å². The monoisotopic (exact) mass is 238 g/mol. The maximum absolute atomic E-state index is 11.1. The Bertz CT molecular complexity index is 408. The number of carbonyl (C=O) groups is 1. The highest BCUT2D eigenvalue weighted by Crippen LogP contribution is 2.31. The second-order valence-electron chi connectivity index (χ2n) is 4.59. The van der Waals surface area contributed by atoms with Gasteiger partial charge in [0.1, 0.15) is 0 Å². The minimum Gasteiger partial charge on any atom is -0.481 e. The van der Waals surface area contributed by atoms with Gasteiger partial charge in [0.25, 0.3) is 0 Å². The lowest BCUT2D eigenvalue weighted by Crippen LogP contribution is -2.17. The number of carboxylic acid groups (broad SMARTS) is 1. The molecule has 0 aliphatic carbocycles. The van der Waals surface area contributed by atoms with Crippen LogP contribution in [0.3, 0.4) is 0 Å². The molecular weight excluding hydrogens is 220 g/mol. The van der Waals surface area contributed by atoms with Crippen molar-refractivity contribution in [2.45, 2.75) is 31.6 Å². The van der Waals surface area contributed by atoms with Gasteiger partial charge in [0.2, 0.25) is 0 Å². The van der Waals surface area contributed by atoms with Crippen LogP contribution in [-0.4, -0.2) is 34.1 Å². The Labute approximate surface area is 100 Å². The van der Waals surface area contributed by atoms with Gasteiger partial charge in [-0.1, -0.05) is 0 Å². The van der Waals surface area contributed by atoms with E-state index in [-0.39, 0.29) is 0 Å². The summed E-state index contributed by atoms with van der Waals surface area (Å²) >= 11 is 0. The van der Waals surface area contributed by atoms with Crippen LogP contribution in [0.4, 0.5) is 0 Å². The summed E-state index contributed by atoms with van der Waals surface area (Å²) in [6, 6.07) is 0. The van der Waals surface area contributed by atoms with Gasteiger partial charge >= 0.3 is 5.97 Å². The van der Waals surface area contributed by atoms with Gasteiger partial charge < -0.3 is 9.84 Å². The smallest absolute Gasteiger partial charge is 0.310 e. The van der Waals surface area contributed by atoms with E-state index in [1.54, 1.807) is 11.6 Å². The number of nitrogens with zero attached hydrogens (tertiary/aromatic N) is 2. The van der Waals surface area contributed by atoms with Crippen molar-refractivity contribution in [3.05, 3.63) is 17.5 Å². The number of aromatic nitrogens is 2. The SMILES string of the molecule is CC(C(=O)O)c1cn(C)nc1C1CCOCC1. The third-order valence-electron chi connectivity index (χ3n) is 3.33. The number of ether oxygens (including phenoxy) is 1. The van der Waals surface area contributed by atoms with Crippen LogP contribution in [0.25, 0.3) is 0 Å². The van der Waals surface area contributed by atoms with E-state index >= 15 is 0 Å². The van der Waals surface area contributed by atoms with Crippen LogP contribution in [0.1, 0.15) is 42.9 Å². The Balaban J connectivity index is 2.29. The first-order valence-electron chi connectivity index (χ1n) is 5.93. The highest BCUT2D eigenvalue weighted by molar-refractivity contribution is 5.75. The lowest BCUT2D eigenvalue weighted by Gasteiger charge is -2.22. The molecule has 1 N–H and O–H groups in total. The van der Waals surface area contributed by atoms with Crippen LogP contribution in [0, 0.1) is 0 Å². The summed E-state index contributed by atoms with van der Waals surface area (Å²) in [7, 11) is 1.83. The lowest BCUT2D eigenvalue weighted by molar-refractivity contribution is -0.138. The molecule has 1 saturated heterocycles. The van der Waals surface area contributed by atoms with Crippen molar-refractivity contribution in [1.82, 2.24) is 9.78 Å². The van der Waals surface area contributed by atoms with Crippen molar-refractivity contribution in [1.29, 1.82) is 0 Å². The predicted molar refractivity (Wildman–Crippen MR) is 62.1 cm³/mol. The fourth-order valence-corrected chi connectivity index (χ4v) is 2.28. The van der Waals surface area contributed by atoms with Crippen molar-refractivity contribution in [3.63, 3.8) is 0 Å². The molecule has 1 aliphatic rings. The van der Waals surface area contributed by atoms with E-state index in [0.717, 1.165) is 37.3 Å². The zero-order chi connectivity index (χ0) is 12.4. The van der Waals surface area contributed by atoms with Gasteiger partial charge in [0, 0.05) is 37.9 Å². The third-order valence-corrected chi connectivity index (χ3v) is 3.33. The second-order valence-corrected chi connectivity index (χ2v) is 4.59. The van der Waals surface area contributed by atoms with Crippen molar-refractivity contribution in [2.75, 3.05) is 13.2 Å². The number of carboxylic acids is 1. The molecule has 1 unspecified atom stereocenters. The molecule has 0 saturated carbocycles. The molecule has 2 rings (SSSR count). The topological polar surface area (TPSA) is 64.3 Å². The molecule has 0 bridgehead atoms. The van der Waals surface area contributed by atoms with Gasteiger partial charge in [-0.05, 0) is 19.8 Å². The maximum Gasteiger partial charge on any atom is 0.310 e. The molecule has 1 fully saturated rings. The van der Waals surface area contributed by atoms with Crippen LogP contribution >= 0.6 is 0 Å². The van der Waals surface area contributed by atoms with E-state index < -0.39 is 11.9 Å². The van der Waals surface area contributed by atoms with Crippen LogP contribution in [0.2, 0.25) is 0 Å². The molecule has 0 aromatic carbocycles. The molecule has 94 valence electrons. The van der Waals surface area contributed by atoms with Crippen LogP contribution in [0.5, 0.6) is 0 Å². The van der Waals surface area contributed by atoms with Gasteiger partial charge in [-0.3, -0.25) is 9.48 Å². The number of rotatable bonds is 3. The van der Waals surface area contributed by atoms with Gasteiger partial charge in [-0.25, -0.2) is 0 Å². The zero-order valence-corrected chi connectivity index (χ0v) is 10.2. The first-order chi connectivity index (χ1) is 8.09. The largest absolute Gasteiger partial charge is 0.481 e. The van der Waals surface area contributed by atoms with E-state index in [1.807, 2.05) is 13.2 Å². The predicted octanol–water partition coefficient (Wildman–Crippen LogP) is 1.50. The first kappa shape index (κ1) is 12.1. The summed E-state index contributed by atoms with van der Waals surface area (Å²) in [5.74, 6) is -0.963. The first-order valence-corrected chi connectivity index (χ1v) is 5.93. The Morgan fingerprint density at radius 1 is 1.59 bits per heavy atom. The molecule has 1 aromatic heterocycles. The Hall–Kier alpha value is -1.36. The minimum atomic E-state index is -0.800. The molecule has 0 amide bonds. The van der Waals surface area contributed by atoms with Crippen molar-refractivity contribution in [2.24, 2.45) is 7.05 Å². The Morgan fingerprint density at radius 2 is 2.24 bits per heavy atom. The van der Waals surface area contributed by atoms with Crippen LogP contribution in [-0.2, 0) is 16.6 Å². The molecule has 5 nitrogen and oxygen atoms in total. The number of hydrogen-bond donors (Lipinski definition) is 1. The highest BCUT2D eigenvalue weighted by atomic mass is 16.5. The second kappa shape index (κ2) is 4.87. The summed E-state index contributed by atoms with van der Waals surface area (Å²) in [4.78, 5) is 11.1. The molecule has 2 heterocycles. The van der Waals surface area contributed by atoms with Crippen molar-refractivity contribution < 1.29 is 14.6 Å². The van der Waals surface area contributed by atoms with E-state index in [2.05, 4.69) is 5.10 Å². The minimum absolute atomic E-state index is 0.335. The highest BCUT2D eigenvalue weighted by Gasteiger charge is 2.26. The van der Waals surface area contributed by atoms with E-state index in [9.17, 15) is 4.79 Å². The summed E-state index contributed by atoms with van der Waals surface area (Å²) in [6.45, 7) is 3.19. The van der Waals surface area contributed by atoms with Crippen LogP contribution < -0.4 is 0 Å². The summed E-state index contributed by atoms with van der Waals surface area (Å²) < 4.78 is 7.03. The van der Waals surface area contributed by atoms with Gasteiger partial charge in [0.15, 0.2) is 0 Å². The maximum atomic E-state index is 11.1. The molecule has 0 spiro atoms. The molecular formula is C12H18N2O3. The number of hydrogen-bond acceptors (Lipinski definition) is 3. The number of aliphatic carboxylic acids is 1. The molecule has 5 heteroatoms. The fourth-order valence-electron chi connectivity index (χ4n) is 2.28. The molecule has 1 atom stereocenters. The zero-order valence-electron chi connectivity index (χ0n) is 10.2. The van der Waals surface area contributed by atoms with E-state index in [1.165, 1.54) is 0 Å². The summed E-state index contributed by atoms with van der Waals surface area (Å²) in [6.07, 6.45) is 3.68. The average Bonchev–Trinajstić information content (AvgIpc) is 2.71. The fraction of sp³-hybridized carbons (Fsp3) is 0.667. The third kappa shape index (κ3) is 2.49. The van der Waals surface area contributed by atoms with Crippen molar-refractivity contribution >= 4 is 5.97 Å². The van der Waals surface area contributed by atoms with E-state index in [0.29, 0.717) is 5.92 Å². The quantitative estimate of drug-likeness (QED) is 0.866. The van der Waals surface area contributed by atoms with Gasteiger partial charge in [0.05, 0.1) is 11.6 Å². The Kier molecular flexibility index (Phi) is 3.47. The lowest BCUT2D eigenvalue weighted by atomic mass is 9.90. The number of aryl methyl sites for hydroxylation is 1. The average molecular weight is 238 g/mol. The molecule has 17 heavy (non-hydrogen) atoms. The van der Waals surface area contributed by atoms with Crippen molar-refractivity contribution in [3.8, 4) is 0 Å². The summed E-state index contributed by atoms with van der Waals surface area (Å²) in [5.41, 5.74) is 1.78. The van der Waals surface area contributed by atoms with E-state index in [4.69, 9.17) is 9.84 Å². The van der Waals surface area contributed by atoms with Crippen LogP contribution in [0.15, 0.2) is 6.20 Å². The standard InChI is InChI=1S/C12H18N2O3/c1-8(12(15)16)10-7-14(2)13-11(10)9-3-5-17-6-4-9/h7-9H,3-6H2,1-2H3,(H,15,16). The normalized spacial score (nSPS) is 19.2. The van der Waals surface area contributed by atoms with Gasteiger partial charge in [-0.15, -0.1) is 0 Å². The summed E-state index contributed by atoms with van der Waals surface area (Å²) in [5, 5.41) is 13.5. The Morgan fingerprint density at radius 3 is 2.82 bits per heavy atom. The molecule has 0 radical (unpaired) electrons. The molecule has 1 aromatic rings. The molecule has 1 aliphatic heterocycles.